The zero-order valence-electron chi connectivity index (χ0n) is 9.67. The van der Waals surface area contributed by atoms with Crippen molar-refractivity contribution in [2.45, 2.75) is 19.1 Å². The minimum atomic E-state index is -1.47. The summed E-state index contributed by atoms with van der Waals surface area (Å²) in [7, 11) is 0. The average Bonchev–Trinajstić information content (AvgIpc) is 2.38. The molecule has 98 valence electrons. The highest BCUT2D eigenvalue weighted by atomic mass is 16.4. The van der Waals surface area contributed by atoms with Crippen LogP contribution in [0.1, 0.15) is 22.3 Å². The number of nitrogens with one attached hydrogen (secondary N) is 1. The molecule has 0 fully saturated rings. The Morgan fingerprint density at radius 3 is 2.33 bits per heavy atom. The number of amides is 1. The van der Waals surface area contributed by atoms with Gasteiger partial charge in [-0.2, -0.15) is 0 Å². The molecule has 1 unspecified atom stereocenters. The number of carbonyl (C=O) groups is 2. The molecule has 0 heterocycles. The molecule has 0 saturated heterocycles. The van der Waals surface area contributed by atoms with E-state index in [2.05, 4.69) is 5.32 Å². The third-order valence-electron chi connectivity index (χ3n) is 2.39. The Morgan fingerprint density at radius 1 is 1.22 bits per heavy atom. The molecule has 0 spiro atoms. The molecule has 0 bridgehead atoms. The van der Waals surface area contributed by atoms with E-state index in [0.29, 0.717) is 11.1 Å². The van der Waals surface area contributed by atoms with Crippen molar-refractivity contribution < 1.29 is 24.9 Å². The van der Waals surface area contributed by atoms with Crippen molar-refractivity contribution in [2.24, 2.45) is 0 Å². The second-order valence-corrected chi connectivity index (χ2v) is 3.75. The molecule has 0 aromatic heterocycles. The molecule has 1 aromatic carbocycles. The molecule has 1 atom stereocenters. The number of benzene rings is 1. The molecule has 1 aromatic rings. The smallest absolute Gasteiger partial charge is 0.332 e. The molecule has 1 amide bonds. The number of aliphatic carboxylic acids is 1. The Morgan fingerprint density at radius 2 is 1.83 bits per heavy atom. The van der Waals surface area contributed by atoms with Gasteiger partial charge in [0.25, 0.3) is 5.91 Å². The minimum Gasteiger partial charge on any atom is -0.479 e. The molecule has 6 nitrogen and oxygen atoms in total. The number of carbonyl (C=O) groups excluding carboxylic acids is 1. The fourth-order valence-corrected chi connectivity index (χ4v) is 1.31. The molecule has 0 aliphatic rings. The first-order valence-corrected chi connectivity index (χ1v) is 5.43. The van der Waals surface area contributed by atoms with Crippen LogP contribution < -0.4 is 5.32 Å². The lowest BCUT2D eigenvalue weighted by atomic mass is 10.1. The Kier molecular flexibility index (Phi) is 5.29. The number of aliphatic hydroxyl groups is 2. The summed E-state index contributed by atoms with van der Waals surface area (Å²) in [5.74, 6) is -1.66. The van der Waals surface area contributed by atoms with Crippen molar-refractivity contribution in [1.29, 1.82) is 0 Å². The largest absolute Gasteiger partial charge is 0.479 e. The number of carboxylic acids is 1. The fourth-order valence-electron chi connectivity index (χ4n) is 1.31. The van der Waals surface area contributed by atoms with Gasteiger partial charge in [0.05, 0.1) is 6.61 Å². The normalized spacial score (nSPS) is 11.9. The quantitative estimate of drug-likeness (QED) is 0.559. The molecule has 4 N–H and O–H groups in total. The predicted octanol–water partition coefficient (Wildman–Crippen LogP) is -0.256. The van der Waals surface area contributed by atoms with Gasteiger partial charge in [-0.1, -0.05) is 12.1 Å². The number of carboxylic acid groups (broad SMARTS) is 1. The van der Waals surface area contributed by atoms with E-state index in [1.54, 1.807) is 24.3 Å². The predicted molar refractivity (Wildman–Crippen MR) is 63.0 cm³/mol. The lowest BCUT2D eigenvalue weighted by molar-refractivity contribution is -0.146. The van der Waals surface area contributed by atoms with Gasteiger partial charge in [-0.15, -0.1) is 0 Å². The summed E-state index contributed by atoms with van der Waals surface area (Å²) in [6.45, 7) is -0.0131. The summed E-state index contributed by atoms with van der Waals surface area (Å²) < 4.78 is 0. The van der Waals surface area contributed by atoms with Gasteiger partial charge in [-0.05, 0) is 17.7 Å². The average molecular weight is 253 g/mol. The van der Waals surface area contributed by atoms with Gasteiger partial charge in [0, 0.05) is 18.5 Å². The highest BCUT2D eigenvalue weighted by Gasteiger charge is 2.13. The van der Waals surface area contributed by atoms with E-state index in [9.17, 15) is 9.59 Å². The first-order chi connectivity index (χ1) is 8.54. The lowest BCUT2D eigenvalue weighted by Crippen LogP contribution is -2.30. The topological polar surface area (TPSA) is 107 Å². The van der Waals surface area contributed by atoms with Gasteiger partial charge < -0.3 is 20.6 Å². The zero-order chi connectivity index (χ0) is 13.5. The van der Waals surface area contributed by atoms with E-state index in [1.165, 1.54) is 0 Å². The molecule has 18 heavy (non-hydrogen) atoms. The van der Waals surface area contributed by atoms with E-state index in [4.69, 9.17) is 15.3 Å². The molecular formula is C12H15NO5. The van der Waals surface area contributed by atoms with Crippen LogP contribution in [-0.2, 0) is 11.4 Å². The van der Waals surface area contributed by atoms with Gasteiger partial charge in [-0.25, -0.2) is 4.79 Å². The number of rotatable bonds is 6. The third kappa shape index (κ3) is 4.15. The maximum atomic E-state index is 11.6. The molecule has 0 aliphatic carbocycles. The summed E-state index contributed by atoms with van der Waals surface area (Å²) in [5.41, 5.74) is 1.12. The molecule has 6 heteroatoms. The van der Waals surface area contributed by atoms with Crippen LogP contribution in [0.15, 0.2) is 24.3 Å². The molecule has 1 rings (SSSR count). The summed E-state index contributed by atoms with van der Waals surface area (Å²) >= 11 is 0. The van der Waals surface area contributed by atoms with Gasteiger partial charge in [0.2, 0.25) is 0 Å². The first-order valence-electron chi connectivity index (χ1n) is 5.43. The van der Waals surface area contributed by atoms with E-state index in [-0.39, 0.29) is 25.5 Å². The third-order valence-corrected chi connectivity index (χ3v) is 2.39. The van der Waals surface area contributed by atoms with Crippen LogP contribution in [0.3, 0.4) is 0 Å². The van der Waals surface area contributed by atoms with Crippen molar-refractivity contribution in [3.63, 3.8) is 0 Å². The maximum Gasteiger partial charge on any atom is 0.332 e. The number of aliphatic hydroxyl groups excluding tert-OH is 2. The van der Waals surface area contributed by atoms with Crippen LogP contribution in [0.4, 0.5) is 0 Å². The van der Waals surface area contributed by atoms with Crippen LogP contribution in [0.2, 0.25) is 0 Å². The van der Waals surface area contributed by atoms with Gasteiger partial charge in [0.15, 0.2) is 6.10 Å². The highest BCUT2D eigenvalue weighted by molar-refractivity contribution is 5.94. The van der Waals surface area contributed by atoms with E-state index < -0.39 is 12.1 Å². The minimum absolute atomic E-state index is 0.0458. The Bertz CT molecular complexity index is 415. The molecule has 0 saturated carbocycles. The fraction of sp³-hybridized carbons (Fsp3) is 0.333. The van der Waals surface area contributed by atoms with Gasteiger partial charge in [0.1, 0.15) is 0 Å². The first kappa shape index (κ1) is 14.1. The van der Waals surface area contributed by atoms with E-state index in [1.807, 2.05) is 0 Å². The Hall–Kier alpha value is -1.92. The molecule has 0 radical (unpaired) electrons. The second-order valence-electron chi connectivity index (χ2n) is 3.75. The SMILES string of the molecule is O=C(NCCC(O)C(=O)O)c1ccc(CO)cc1. The van der Waals surface area contributed by atoms with Crippen molar-refractivity contribution in [3.05, 3.63) is 35.4 Å². The highest BCUT2D eigenvalue weighted by Crippen LogP contribution is 2.04. The molecular weight excluding hydrogens is 238 g/mol. The van der Waals surface area contributed by atoms with Crippen molar-refractivity contribution >= 4 is 11.9 Å². The summed E-state index contributed by atoms with van der Waals surface area (Å²) in [6.07, 6.45) is -1.52. The van der Waals surface area contributed by atoms with Crippen LogP contribution in [0.25, 0.3) is 0 Å². The van der Waals surface area contributed by atoms with Crippen LogP contribution in [0, 0.1) is 0 Å². The Balaban J connectivity index is 2.42. The second kappa shape index (κ2) is 6.73. The van der Waals surface area contributed by atoms with Crippen LogP contribution in [0.5, 0.6) is 0 Å². The molecule has 0 aliphatic heterocycles. The van der Waals surface area contributed by atoms with Crippen molar-refractivity contribution in [2.75, 3.05) is 6.54 Å². The number of hydrogen-bond donors (Lipinski definition) is 4. The summed E-state index contributed by atoms with van der Waals surface area (Å²) in [4.78, 5) is 21.9. The zero-order valence-corrected chi connectivity index (χ0v) is 9.67. The standard InChI is InChI=1S/C12H15NO5/c14-7-8-1-3-9(4-2-8)11(16)13-6-5-10(15)12(17)18/h1-4,10,14-15H,5-7H2,(H,13,16)(H,17,18). The van der Waals surface area contributed by atoms with Crippen molar-refractivity contribution in [3.8, 4) is 0 Å². The summed E-state index contributed by atoms with van der Waals surface area (Å²) in [5, 5.41) is 28.8. The monoisotopic (exact) mass is 253 g/mol. The maximum absolute atomic E-state index is 11.6. The van der Waals surface area contributed by atoms with E-state index >= 15 is 0 Å². The van der Waals surface area contributed by atoms with Gasteiger partial charge in [-0.3, -0.25) is 4.79 Å². The lowest BCUT2D eigenvalue weighted by Gasteiger charge is -2.07. The number of hydrogen-bond acceptors (Lipinski definition) is 4. The van der Waals surface area contributed by atoms with Crippen LogP contribution in [-0.4, -0.2) is 39.8 Å². The van der Waals surface area contributed by atoms with E-state index in [0.717, 1.165) is 0 Å². The Labute approximate surface area is 104 Å². The van der Waals surface area contributed by atoms with Gasteiger partial charge >= 0.3 is 5.97 Å². The van der Waals surface area contributed by atoms with Crippen LogP contribution >= 0.6 is 0 Å². The summed E-state index contributed by atoms with van der Waals surface area (Å²) in [6, 6.07) is 6.38. The van der Waals surface area contributed by atoms with Crippen molar-refractivity contribution in [1.82, 2.24) is 5.32 Å².